The van der Waals surface area contributed by atoms with Gasteiger partial charge in [-0.05, 0) is 37.9 Å². The fourth-order valence-electron chi connectivity index (χ4n) is 2.40. The van der Waals surface area contributed by atoms with Gasteiger partial charge in [0.25, 0.3) is 0 Å². The quantitative estimate of drug-likeness (QED) is 0.618. The Balaban J connectivity index is 2.02. The van der Waals surface area contributed by atoms with Gasteiger partial charge in [0.05, 0.1) is 17.1 Å². The lowest BCUT2D eigenvalue weighted by Gasteiger charge is -2.13. The highest BCUT2D eigenvalue weighted by molar-refractivity contribution is 5.48. The summed E-state index contributed by atoms with van der Waals surface area (Å²) in [6.45, 7) is 5.81. The van der Waals surface area contributed by atoms with E-state index in [2.05, 4.69) is 5.32 Å². The summed E-state index contributed by atoms with van der Waals surface area (Å²) in [7, 11) is 0. The van der Waals surface area contributed by atoms with Crippen molar-refractivity contribution >= 4 is 5.69 Å². The second-order valence-corrected chi connectivity index (χ2v) is 5.30. The molecule has 0 amide bonds. The summed E-state index contributed by atoms with van der Waals surface area (Å²) in [6.07, 6.45) is 2.22. The SMILES string of the molecule is CCNCc1ccc(OCC2CCC(C)O2)c([N+](=O)[O-])c1. The van der Waals surface area contributed by atoms with Gasteiger partial charge in [-0.25, -0.2) is 0 Å². The Hall–Kier alpha value is -1.66. The van der Waals surface area contributed by atoms with E-state index in [4.69, 9.17) is 9.47 Å². The number of benzene rings is 1. The Kier molecular flexibility index (Phi) is 5.52. The first kappa shape index (κ1) is 15.7. The predicted molar refractivity (Wildman–Crippen MR) is 79.5 cm³/mol. The maximum atomic E-state index is 11.2. The Morgan fingerprint density at radius 1 is 1.48 bits per heavy atom. The van der Waals surface area contributed by atoms with Gasteiger partial charge in [-0.15, -0.1) is 0 Å². The van der Waals surface area contributed by atoms with Crippen LogP contribution in [0.15, 0.2) is 18.2 Å². The van der Waals surface area contributed by atoms with Crippen LogP contribution in [0, 0.1) is 10.1 Å². The fourth-order valence-corrected chi connectivity index (χ4v) is 2.40. The molecule has 6 nitrogen and oxygen atoms in total. The third-order valence-corrected chi connectivity index (χ3v) is 3.54. The van der Waals surface area contributed by atoms with E-state index in [1.807, 2.05) is 19.9 Å². The zero-order valence-corrected chi connectivity index (χ0v) is 12.5. The standard InChI is InChI=1S/C15H22N2O4/c1-3-16-9-12-5-7-15(14(8-12)17(18)19)20-10-13-6-4-11(2)21-13/h5,7-8,11,13,16H,3-4,6,9-10H2,1-2H3. The Morgan fingerprint density at radius 3 is 2.90 bits per heavy atom. The van der Waals surface area contributed by atoms with Gasteiger partial charge in [0.2, 0.25) is 0 Å². The van der Waals surface area contributed by atoms with Gasteiger partial charge < -0.3 is 14.8 Å². The van der Waals surface area contributed by atoms with E-state index in [1.165, 1.54) is 0 Å². The molecule has 1 N–H and O–H groups in total. The molecule has 2 unspecified atom stereocenters. The Labute approximate surface area is 124 Å². The number of hydrogen-bond donors (Lipinski definition) is 1. The van der Waals surface area contributed by atoms with Crippen LogP contribution in [0.2, 0.25) is 0 Å². The van der Waals surface area contributed by atoms with Crippen molar-refractivity contribution in [2.75, 3.05) is 13.2 Å². The molecule has 6 heteroatoms. The maximum absolute atomic E-state index is 11.2. The average molecular weight is 294 g/mol. The number of nitrogens with zero attached hydrogens (tertiary/aromatic N) is 1. The van der Waals surface area contributed by atoms with E-state index in [-0.39, 0.29) is 17.9 Å². The molecule has 2 rings (SSSR count). The molecule has 1 fully saturated rings. The lowest BCUT2D eigenvalue weighted by Crippen LogP contribution is -2.18. The number of nitrogens with one attached hydrogen (secondary N) is 1. The van der Waals surface area contributed by atoms with Crippen molar-refractivity contribution in [3.05, 3.63) is 33.9 Å². The van der Waals surface area contributed by atoms with Crippen LogP contribution in [0.5, 0.6) is 5.75 Å². The lowest BCUT2D eigenvalue weighted by atomic mass is 10.2. The zero-order valence-electron chi connectivity index (χ0n) is 12.5. The molecule has 1 heterocycles. The summed E-state index contributed by atoms with van der Waals surface area (Å²) in [5, 5.41) is 14.3. The first-order valence-corrected chi connectivity index (χ1v) is 7.36. The van der Waals surface area contributed by atoms with Crippen LogP contribution in [0.25, 0.3) is 0 Å². The first-order valence-electron chi connectivity index (χ1n) is 7.36. The van der Waals surface area contributed by atoms with Crippen LogP contribution >= 0.6 is 0 Å². The second-order valence-electron chi connectivity index (χ2n) is 5.30. The van der Waals surface area contributed by atoms with Crippen molar-refractivity contribution in [1.82, 2.24) is 5.32 Å². The summed E-state index contributed by atoms with van der Waals surface area (Å²) < 4.78 is 11.3. The van der Waals surface area contributed by atoms with Crippen LogP contribution in [0.3, 0.4) is 0 Å². The molecular weight excluding hydrogens is 272 g/mol. The molecule has 1 aliphatic heterocycles. The second kappa shape index (κ2) is 7.38. The zero-order chi connectivity index (χ0) is 15.2. The van der Waals surface area contributed by atoms with Crippen molar-refractivity contribution in [2.45, 2.75) is 45.4 Å². The fraction of sp³-hybridized carbons (Fsp3) is 0.600. The summed E-state index contributed by atoms with van der Waals surface area (Å²) in [5.74, 6) is 0.309. The number of rotatable bonds is 7. The normalized spacial score (nSPS) is 21.4. The summed E-state index contributed by atoms with van der Waals surface area (Å²) in [6, 6.07) is 5.09. The van der Waals surface area contributed by atoms with E-state index < -0.39 is 4.92 Å². The highest BCUT2D eigenvalue weighted by Gasteiger charge is 2.24. The average Bonchev–Trinajstić information content (AvgIpc) is 2.88. The molecule has 1 aromatic rings. The van der Waals surface area contributed by atoms with E-state index in [0.717, 1.165) is 24.9 Å². The van der Waals surface area contributed by atoms with Crippen molar-refractivity contribution in [3.63, 3.8) is 0 Å². The molecule has 0 bridgehead atoms. The number of nitro groups is 1. The molecule has 1 aliphatic rings. The van der Waals surface area contributed by atoms with E-state index in [9.17, 15) is 10.1 Å². The molecule has 0 saturated carbocycles. The summed E-state index contributed by atoms with van der Waals surface area (Å²) in [5.41, 5.74) is 0.887. The monoisotopic (exact) mass is 294 g/mol. The van der Waals surface area contributed by atoms with E-state index >= 15 is 0 Å². The molecule has 0 aromatic heterocycles. The largest absolute Gasteiger partial charge is 0.484 e. The smallest absolute Gasteiger partial charge is 0.311 e. The molecule has 1 aromatic carbocycles. The molecule has 0 spiro atoms. The van der Waals surface area contributed by atoms with Crippen LogP contribution < -0.4 is 10.1 Å². The molecular formula is C15H22N2O4. The summed E-state index contributed by atoms with van der Waals surface area (Å²) in [4.78, 5) is 10.8. The molecule has 0 aliphatic carbocycles. The van der Waals surface area contributed by atoms with Gasteiger partial charge in [-0.2, -0.15) is 0 Å². The minimum absolute atomic E-state index is 0.0106. The Bertz CT molecular complexity index is 493. The molecule has 1 saturated heterocycles. The lowest BCUT2D eigenvalue weighted by molar-refractivity contribution is -0.386. The van der Waals surface area contributed by atoms with Crippen LogP contribution in [-0.4, -0.2) is 30.3 Å². The van der Waals surface area contributed by atoms with Crippen molar-refractivity contribution in [2.24, 2.45) is 0 Å². The van der Waals surface area contributed by atoms with Gasteiger partial charge in [-0.1, -0.05) is 13.0 Å². The van der Waals surface area contributed by atoms with Crippen molar-refractivity contribution in [1.29, 1.82) is 0 Å². The minimum Gasteiger partial charge on any atom is -0.484 e. The van der Waals surface area contributed by atoms with Crippen molar-refractivity contribution < 1.29 is 14.4 Å². The minimum atomic E-state index is -0.400. The highest BCUT2D eigenvalue weighted by atomic mass is 16.6. The van der Waals surface area contributed by atoms with E-state index in [1.54, 1.807) is 12.1 Å². The third kappa shape index (κ3) is 4.41. The Morgan fingerprint density at radius 2 is 2.29 bits per heavy atom. The molecule has 2 atom stereocenters. The number of hydrogen-bond acceptors (Lipinski definition) is 5. The molecule has 21 heavy (non-hydrogen) atoms. The van der Waals surface area contributed by atoms with Gasteiger partial charge in [-0.3, -0.25) is 10.1 Å². The third-order valence-electron chi connectivity index (χ3n) is 3.54. The number of nitro benzene ring substituents is 1. The highest BCUT2D eigenvalue weighted by Crippen LogP contribution is 2.29. The maximum Gasteiger partial charge on any atom is 0.311 e. The van der Waals surface area contributed by atoms with Gasteiger partial charge in [0.1, 0.15) is 6.61 Å². The van der Waals surface area contributed by atoms with Crippen LogP contribution in [0.1, 0.15) is 32.3 Å². The van der Waals surface area contributed by atoms with Gasteiger partial charge >= 0.3 is 5.69 Å². The van der Waals surface area contributed by atoms with Crippen LogP contribution in [-0.2, 0) is 11.3 Å². The topological polar surface area (TPSA) is 73.6 Å². The van der Waals surface area contributed by atoms with Crippen LogP contribution in [0.4, 0.5) is 5.69 Å². The molecule has 0 radical (unpaired) electrons. The number of ether oxygens (including phenoxy) is 2. The van der Waals surface area contributed by atoms with Gasteiger partial charge in [0, 0.05) is 12.6 Å². The summed E-state index contributed by atoms with van der Waals surface area (Å²) >= 11 is 0. The molecule has 116 valence electrons. The van der Waals surface area contributed by atoms with E-state index in [0.29, 0.717) is 18.9 Å². The van der Waals surface area contributed by atoms with Gasteiger partial charge in [0.15, 0.2) is 5.75 Å². The predicted octanol–water partition coefficient (Wildman–Crippen LogP) is 2.65. The first-order chi connectivity index (χ1) is 10.1. The van der Waals surface area contributed by atoms with Crippen molar-refractivity contribution in [3.8, 4) is 5.75 Å².